The molecule has 9 heteroatoms. The van der Waals surface area contributed by atoms with Crippen LogP contribution in [-0.4, -0.2) is 44.4 Å². The Morgan fingerprint density at radius 3 is 2.73 bits per heavy atom. The first kappa shape index (κ1) is 20.9. The van der Waals surface area contributed by atoms with Crippen LogP contribution < -0.4 is 14.3 Å². The van der Waals surface area contributed by atoms with E-state index in [2.05, 4.69) is 10.1 Å². The third-order valence-corrected chi connectivity index (χ3v) is 5.92. The fourth-order valence-corrected chi connectivity index (χ4v) is 4.03. The smallest absolute Gasteiger partial charge is 0.206 e. The number of hydrogen-bond donors (Lipinski definition) is 0. The van der Waals surface area contributed by atoms with Crippen LogP contribution >= 0.6 is 34.5 Å². The second-order valence-electron chi connectivity index (χ2n) is 6.37. The molecule has 2 heterocycles. The number of rotatable bonds is 6. The fourth-order valence-electron chi connectivity index (χ4n) is 2.87. The predicted octanol–water partition coefficient (Wildman–Crippen LogP) is 4.72. The average Bonchev–Trinajstić information content (AvgIpc) is 3.17. The van der Waals surface area contributed by atoms with Gasteiger partial charge in [-0.2, -0.15) is 5.10 Å². The molecule has 156 valence electrons. The maximum atomic E-state index is 6.22. The monoisotopic (exact) mass is 463 g/mol. The van der Waals surface area contributed by atoms with Crippen LogP contribution in [0.25, 0.3) is 11.3 Å². The predicted molar refractivity (Wildman–Crippen MR) is 120 cm³/mol. The molecule has 30 heavy (non-hydrogen) atoms. The average molecular weight is 464 g/mol. The summed E-state index contributed by atoms with van der Waals surface area (Å²) < 4.78 is 18.1. The van der Waals surface area contributed by atoms with Crippen molar-refractivity contribution in [3.05, 3.63) is 62.2 Å². The molecule has 0 fully saturated rings. The molecule has 1 aliphatic heterocycles. The lowest BCUT2D eigenvalue weighted by Crippen LogP contribution is -2.15. The SMILES string of the molecule is COCCN=c1scc(-c2ccc(Cl)c(Cl)c2)n1/N=C/c1ccc2c(c1)OCCO2. The van der Waals surface area contributed by atoms with Crippen molar-refractivity contribution < 1.29 is 14.2 Å². The van der Waals surface area contributed by atoms with Crippen molar-refractivity contribution in [2.24, 2.45) is 10.1 Å². The molecule has 0 saturated heterocycles. The Balaban J connectivity index is 1.72. The Labute approximate surface area is 188 Å². The molecule has 0 aliphatic carbocycles. The van der Waals surface area contributed by atoms with Crippen molar-refractivity contribution in [3.63, 3.8) is 0 Å². The van der Waals surface area contributed by atoms with Gasteiger partial charge >= 0.3 is 0 Å². The molecule has 0 N–H and O–H groups in total. The molecular formula is C21H19Cl2N3O3S. The first-order valence-electron chi connectivity index (χ1n) is 9.25. The third kappa shape index (κ3) is 4.70. The summed E-state index contributed by atoms with van der Waals surface area (Å²) in [6, 6.07) is 11.2. The number of nitrogens with zero attached hydrogens (tertiary/aromatic N) is 3. The number of benzene rings is 2. The van der Waals surface area contributed by atoms with Crippen LogP contribution in [-0.2, 0) is 4.74 Å². The molecular weight excluding hydrogens is 445 g/mol. The van der Waals surface area contributed by atoms with Gasteiger partial charge in [-0.05, 0) is 35.9 Å². The van der Waals surface area contributed by atoms with Crippen LogP contribution in [0.4, 0.5) is 0 Å². The second kappa shape index (κ2) is 9.66. The summed E-state index contributed by atoms with van der Waals surface area (Å²) in [5, 5.41) is 7.67. The van der Waals surface area contributed by atoms with Gasteiger partial charge in [0.2, 0.25) is 4.80 Å². The van der Waals surface area contributed by atoms with E-state index in [1.807, 2.05) is 35.7 Å². The zero-order valence-corrected chi connectivity index (χ0v) is 18.5. The number of thiazole rings is 1. The number of halogens is 2. The van der Waals surface area contributed by atoms with E-state index < -0.39 is 0 Å². The molecule has 0 amide bonds. The Morgan fingerprint density at radius 1 is 1.10 bits per heavy atom. The molecule has 2 aromatic carbocycles. The van der Waals surface area contributed by atoms with Crippen molar-refractivity contribution in [2.75, 3.05) is 33.5 Å². The highest BCUT2D eigenvalue weighted by molar-refractivity contribution is 7.07. The molecule has 3 aromatic rings. The van der Waals surface area contributed by atoms with Crippen molar-refractivity contribution in [3.8, 4) is 22.8 Å². The molecule has 0 saturated carbocycles. The molecule has 0 bridgehead atoms. The van der Waals surface area contributed by atoms with Gasteiger partial charge < -0.3 is 14.2 Å². The molecule has 0 spiro atoms. The minimum atomic E-state index is 0.487. The molecule has 4 rings (SSSR count). The maximum absolute atomic E-state index is 6.22. The van der Waals surface area contributed by atoms with Gasteiger partial charge in [0.05, 0.1) is 35.1 Å². The number of hydrogen-bond acceptors (Lipinski definition) is 6. The highest BCUT2D eigenvalue weighted by atomic mass is 35.5. The van der Waals surface area contributed by atoms with E-state index in [0.29, 0.717) is 36.4 Å². The molecule has 0 radical (unpaired) electrons. The van der Waals surface area contributed by atoms with Crippen molar-refractivity contribution >= 4 is 40.8 Å². The van der Waals surface area contributed by atoms with Crippen LogP contribution in [0.2, 0.25) is 10.0 Å². The quantitative estimate of drug-likeness (QED) is 0.392. The molecule has 1 aromatic heterocycles. The van der Waals surface area contributed by atoms with Gasteiger partial charge in [-0.3, -0.25) is 4.99 Å². The van der Waals surface area contributed by atoms with Crippen molar-refractivity contribution in [1.82, 2.24) is 4.68 Å². The van der Waals surface area contributed by atoms with Gasteiger partial charge in [0.25, 0.3) is 0 Å². The highest BCUT2D eigenvalue weighted by Crippen LogP contribution is 2.31. The summed E-state index contributed by atoms with van der Waals surface area (Å²) in [6.45, 7) is 2.17. The second-order valence-corrected chi connectivity index (χ2v) is 8.02. The van der Waals surface area contributed by atoms with Gasteiger partial charge in [-0.1, -0.05) is 29.3 Å². The van der Waals surface area contributed by atoms with Gasteiger partial charge in [0.1, 0.15) is 13.2 Å². The molecule has 6 nitrogen and oxygen atoms in total. The Morgan fingerprint density at radius 2 is 1.93 bits per heavy atom. The minimum absolute atomic E-state index is 0.487. The summed E-state index contributed by atoms with van der Waals surface area (Å²) in [5.41, 5.74) is 2.65. The van der Waals surface area contributed by atoms with Crippen LogP contribution in [0, 0.1) is 0 Å². The van der Waals surface area contributed by atoms with Gasteiger partial charge in [-0.15, -0.1) is 11.3 Å². The summed E-state index contributed by atoms with van der Waals surface area (Å²) >= 11 is 13.8. The molecule has 0 unspecified atom stereocenters. The third-order valence-electron chi connectivity index (χ3n) is 4.33. The van der Waals surface area contributed by atoms with Crippen LogP contribution in [0.3, 0.4) is 0 Å². The van der Waals surface area contributed by atoms with E-state index >= 15 is 0 Å². The highest BCUT2D eigenvalue weighted by Gasteiger charge is 2.12. The van der Waals surface area contributed by atoms with Gasteiger partial charge in [-0.25, -0.2) is 4.68 Å². The number of fused-ring (bicyclic) bond motifs is 1. The number of methoxy groups -OCH3 is 1. The largest absolute Gasteiger partial charge is 0.486 e. The van der Waals surface area contributed by atoms with Gasteiger partial charge in [0.15, 0.2) is 11.5 Å². The first-order valence-corrected chi connectivity index (χ1v) is 10.9. The Kier molecular flexibility index (Phi) is 6.74. The lowest BCUT2D eigenvalue weighted by atomic mass is 10.2. The van der Waals surface area contributed by atoms with Gasteiger partial charge in [0, 0.05) is 18.1 Å². The van der Waals surface area contributed by atoms with Crippen molar-refractivity contribution in [2.45, 2.75) is 0 Å². The standard InChI is InChI=1S/C21H19Cl2N3O3S/c1-27-7-6-24-21-26(18(13-30-21)15-3-4-16(22)17(23)11-15)25-12-14-2-5-19-20(10-14)29-9-8-28-19/h2-5,10-13H,6-9H2,1H3/b24-21?,25-12+. The lowest BCUT2D eigenvalue weighted by molar-refractivity contribution is 0.171. The summed E-state index contributed by atoms with van der Waals surface area (Å²) in [4.78, 5) is 5.36. The van der Waals surface area contributed by atoms with Crippen LogP contribution in [0.5, 0.6) is 11.5 Å². The van der Waals surface area contributed by atoms with E-state index in [9.17, 15) is 0 Å². The topological polar surface area (TPSA) is 57.3 Å². The normalized spacial score (nSPS) is 13.9. The van der Waals surface area contributed by atoms with Crippen molar-refractivity contribution in [1.29, 1.82) is 0 Å². The first-order chi connectivity index (χ1) is 14.7. The zero-order valence-electron chi connectivity index (χ0n) is 16.2. The van der Waals surface area contributed by atoms with E-state index in [1.54, 1.807) is 24.1 Å². The fraction of sp³-hybridized carbons (Fsp3) is 0.238. The lowest BCUT2D eigenvalue weighted by Gasteiger charge is -2.18. The van der Waals surface area contributed by atoms with Crippen LogP contribution in [0.15, 0.2) is 51.9 Å². The zero-order chi connectivity index (χ0) is 20.9. The summed E-state index contributed by atoms with van der Waals surface area (Å²) in [6.07, 6.45) is 1.77. The molecule has 1 aliphatic rings. The number of ether oxygens (including phenoxy) is 3. The van der Waals surface area contributed by atoms with E-state index in [1.165, 1.54) is 11.3 Å². The Hall–Kier alpha value is -2.32. The van der Waals surface area contributed by atoms with E-state index in [4.69, 9.17) is 37.4 Å². The maximum Gasteiger partial charge on any atom is 0.206 e. The Bertz CT molecular complexity index is 1140. The van der Waals surface area contributed by atoms with Crippen LogP contribution in [0.1, 0.15) is 5.56 Å². The molecule has 0 atom stereocenters. The minimum Gasteiger partial charge on any atom is -0.486 e. The number of aromatic nitrogens is 1. The summed E-state index contributed by atoms with van der Waals surface area (Å²) in [7, 11) is 1.65. The summed E-state index contributed by atoms with van der Waals surface area (Å²) in [5.74, 6) is 1.46. The van der Waals surface area contributed by atoms with E-state index in [0.717, 1.165) is 33.1 Å². The van der Waals surface area contributed by atoms with E-state index in [-0.39, 0.29) is 0 Å².